The van der Waals surface area contributed by atoms with Crippen LogP contribution in [0.5, 0.6) is 0 Å². The summed E-state index contributed by atoms with van der Waals surface area (Å²) < 4.78 is 13.8. The van der Waals surface area contributed by atoms with Crippen molar-refractivity contribution in [2.45, 2.75) is 0 Å². The number of hydrogen-bond acceptors (Lipinski definition) is 3. The van der Waals surface area contributed by atoms with Gasteiger partial charge in [-0.1, -0.05) is 12.1 Å². The Bertz CT molecular complexity index is 575. The number of nitrogen functional groups attached to an aromatic ring is 1. The molecule has 0 saturated carbocycles. The fraction of sp³-hybridized carbons (Fsp3) is 0.250. The molecule has 1 aliphatic rings. The van der Waals surface area contributed by atoms with Crippen LogP contribution in [-0.2, 0) is 0 Å². The number of hydrogen-bond donors (Lipinski definition) is 1. The highest BCUT2D eigenvalue weighted by Gasteiger charge is 2.19. The number of para-hydroxylation sites is 1. The molecule has 0 radical (unpaired) electrons. The van der Waals surface area contributed by atoms with Crippen molar-refractivity contribution in [2.75, 3.05) is 41.7 Å². The van der Waals surface area contributed by atoms with Gasteiger partial charge in [-0.15, -0.1) is 0 Å². The molecule has 2 N–H and O–H groups in total. The molecule has 0 aromatic heterocycles. The largest absolute Gasteiger partial charge is 0.399 e. The normalized spacial score (nSPS) is 15.4. The number of nitrogens with zero attached hydrogens (tertiary/aromatic N) is 2. The second kappa shape index (κ2) is 5.41. The number of nitrogens with two attached hydrogens (primary N) is 1. The van der Waals surface area contributed by atoms with Crippen molar-refractivity contribution in [2.24, 2.45) is 0 Å². The fourth-order valence-corrected chi connectivity index (χ4v) is 2.60. The van der Waals surface area contributed by atoms with E-state index in [9.17, 15) is 4.39 Å². The maximum atomic E-state index is 13.8. The van der Waals surface area contributed by atoms with Crippen molar-refractivity contribution in [3.05, 3.63) is 54.3 Å². The molecule has 1 heterocycles. The van der Waals surface area contributed by atoms with E-state index in [2.05, 4.69) is 9.80 Å². The Kier molecular flexibility index (Phi) is 3.46. The van der Waals surface area contributed by atoms with Crippen molar-refractivity contribution in [3.8, 4) is 0 Å². The maximum absolute atomic E-state index is 13.8. The van der Waals surface area contributed by atoms with E-state index in [1.54, 1.807) is 6.07 Å². The van der Waals surface area contributed by atoms with Crippen LogP contribution in [0.25, 0.3) is 0 Å². The number of piperazine rings is 1. The van der Waals surface area contributed by atoms with E-state index in [-0.39, 0.29) is 5.82 Å². The van der Waals surface area contributed by atoms with Gasteiger partial charge in [0.15, 0.2) is 0 Å². The molecular weight excluding hydrogens is 253 g/mol. The molecule has 4 heteroatoms. The zero-order chi connectivity index (χ0) is 13.9. The lowest BCUT2D eigenvalue weighted by molar-refractivity contribution is 0.598. The van der Waals surface area contributed by atoms with Crippen LogP contribution >= 0.6 is 0 Å². The van der Waals surface area contributed by atoms with Crippen molar-refractivity contribution >= 4 is 17.1 Å². The van der Waals surface area contributed by atoms with Crippen LogP contribution in [0.15, 0.2) is 48.5 Å². The third kappa shape index (κ3) is 2.54. The number of rotatable bonds is 2. The molecule has 2 aromatic carbocycles. The minimum Gasteiger partial charge on any atom is -0.399 e. The Labute approximate surface area is 118 Å². The molecule has 3 nitrogen and oxygen atoms in total. The van der Waals surface area contributed by atoms with E-state index >= 15 is 0 Å². The monoisotopic (exact) mass is 271 g/mol. The first kappa shape index (κ1) is 12.8. The Hall–Kier alpha value is -2.23. The van der Waals surface area contributed by atoms with Crippen LogP contribution < -0.4 is 15.5 Å². The quantitative estimate of drug-likeness (QED) is 0.852. The molecule has 1 aliphatic heterocycles. The summed E-state index contributed by atoms with van der Waals surface area (Å²) in [6, 6.07) is 14.9. The molecule has 2 aromatic rings. The molecule has 0 unspecified atom stereocenters. The highest BCUT2D eigenvalue weighted by molar-refractivity contribution is 5.55. The molecule has 0 spiro atoms. The smallest absolute Gasteiger partial charge is 0.146 e. The van der Waals surface area contributed by atoms with Gasteiger partial charge in [-0.2, -0.15) is 0 Å². The molecule has 20 heavy (non-hydrogen) atoms. The Morgan fingerprint density at radius 2 is 1.40 bits per heavy atom. The molecule has 0 aliphatic carbocycles. The minimum atomic E-state index is -0.145. The molecule has 3 rings (SSSR count). The van der Waals surface area contributed by atoms with Crippen molar-refractivity contribution in [1.29, 1.82) is 0 Å². The third-order valence-electron chi connectivity index (χ3n) is 3.73. The van der Waals surface area contributed by atoms with Crippen LogP contribution in [0.1, 0.15) is 0 Å². The Morgan fingerprint density at radius 1 is 0.800 bits per heavy atom. The summed E-state index contributed by atoms with van der Waals surface area (Å²) in [5.74, 6) is -0.145. The first-order valence-corrected chi connectivity index (χ1v) is 6.84. The highest BCUT2D eigenvalue weighted by Crippen LogP contribution is 2.23. The van der Waals surface area contributed by atoms with Gasteiger partial charge in [-0.25, -0.2) is 4.39 Å². The van der Waals surface area contributed by atoms with Gasteiger partial charge < -0.3 is 15.5 Å². The van der Waals surface area contributed by atoms with Gasteiger partial charge in [-0.05, 0) is 36.4 Å². The van der Waals surface area contributed by atoms with Gasteiger partial charge >= 0.3 is 0 Å². The van der Waals surface area contributed by atoms with E-state index in [1.165, 1.54) is 11.8 Å². The van der Waals surface area contributed by atoms with Gasteiger partial charge in [0.1, 0.15) is 5.82 Å². The Balaban J connectivity index is 1.68. The van der Waals surface area contributed by atoms with Crippen LogP contribution in [0.2, 0.25) is 0 Å². The molecular formula is C16H18FN3. The topological polar surface area (TPSA) is 32.5 Å². The van der Waals surface area contributed by atoms with E-state index < -0.39 is 0 Å². The summed E-state index contributed by atoms with van der Waals surface area (Å²) in [5, 5.41) is 0. The summed E-state index contributed by atoms with van der Waals surface area (Å²) >= 11 is 0. The van der Waals surface area contributed by atoms with Crippen molar-refractivity contribution in [1.82, 2.24) is 0 Å². The van der Waals surface area contributed by atoms with Crippen LogP contribution in [0.4, 0.5) is 21.5 Å². The first-order valence-electron chi connectivity index (χ1n) is 6.84. The Morgan fingerprint density at radius 3 is 2.05 bits per heavy atom. The highest BCUT2D eigenvalue weighted by atomic mass is 19.1. The fourth-order valence-electron chi connectivity index (χ4n) is 2.60. The summed E-state index contributed by atoms with van der Waals surface area (Å²) in [6.07, 6.45) is 0. The maximum Gasteiger partial charge on any atom is 0.146 e. The average molecular weight is 271 g/mol. The second-order valence-corrected chi connectivity index (χ2v) is 5.02. The number of anilines is 3. The van der Waals surface area contributed by atoms with E-state index in [0.717, 1.165) is 31.9 Å². The third-order valence-corrected chi connectivity index (χ3v) is 3.73. The van der Waals surface area contributed by atoms with Crippen LogP contribution in [-0.4, -0.2) is 26.2 Å². The molecule has 0 atom stereocenters. The number of benzene rings is 2. The van der Waals surface area contributed by atoms with Crippen molar-refractivity contribution in [3.63, 3.8) is 0 Å². The summed E-state index contributed by atoms with van der Waals surface area (Å²) in [4.78, 5) is 4.40. The van der Waals surface area contributed by atoms with Gasteiger partial charge in [0.05, 0.1) is 5.69 Å². The van der Waals surface area contributed by atoms with Gasteiger partial charge in [0.2, 0.25) is 0 Å². The predicted molar refractivity (Wildman–Crippen MR) is 81.7 cm³/mol. The molecule has 1 saturated heterocycles. The van der Waals surface area contributed by atoms with Crippen LogP contribution in [0, 0.1) is 5.82 Å². The lowest BCUT2D eigenvalue weighted by Crippen LogP contribution is -2.46. The standard InChI is InChI=1S/C16H18FN3/c17-15-3-1-2-4-16(15)20-11-9-19(10-12-20)14-7-5-13(18)6-8-14/h1-8H,9-12,18H2. The van der Waals surface area contributed by atoms with Gasteiger partial charge in [0.25, 0.3) is 0 Å². The second-order valence-electron chi connectivity index (χ2n) is 5.02. The predicted octanol–water partition coefficient (Wildman–Crippen LogP) is 2.73. The zero-order valence-electron chi connectivity index (χ0n) is 11.3. The zero-order valence-corrected chi connectivity index (χ0v) is 11.3. The summed E-state index contributed by atoms with van der Waals surface area (Å²) in [7, 11) is 0. The summed E-state index contributed by atoms with van der Waals surface area (Å²) in [5.41, 5.74) is 8.35. The van der Waals surface area contributed by atoms with E-state index in [4.69, 9.17) is 5.73 Å². The lowest BCUT2D eigenvalue weighted by Gasteiger charge is -2.37. The molecule has 1 fully saturated rings. The average Bonchev–Trinajstić information content (AvgIpc) is 2.49. The SMILES string of the molecule is Nc1ccc(N2CCN(c3ccccc3F)CC2)cc1. The first-order chi connectivity index (χ1) is 9.74. The molecule has 0 bridgehead atoms. The van der Waals surface area contributed by atoms with Gasteiger partial charge in [-0.3, -0.25) is 0 Å². The summed E-state index contributed by atoms with van der Waals surface area (Å²) in [6.45, 7) is 3.42. The number of halogens is 1. The van der Waals surface area contributed by atoms with Gasteiger partial charge in [0, 0.05) is 37.6 Å². The van der Waals surface area contributed by atoms with E-state index in [1.807, 2.05) is 36.4 Å². The molecule has 0 amide bonds. The lowest BCUT2D eigenvalue weighted by atomic mass is 10.2. The van der Waals surface area contributed by atoms with E-state index in [0.29, 0.717) is 5.69 Å². The van der Waals surface area contributed by atoms with Crippen molar-refractivity contribution < 1.29 is 4.39 Å². The van der Waals surface area contributed by atoms with Crippen LogP contribution in [0.3, 0.4) is 0 Å². The molecule has 104 valence electrons. The minimum absolute atomic E-state index is 0.145.